The minimum Gasteiger partial charge on any atom is -0.351 e. The van der Waals surface area contributed by atoms with Crippen molar-refractivity contribution in [3.8, 4) is 5.69 Å². The fourth-order valence-electron chi connectivity index (χ4n) is 5.21. The first-order valence-corrected chi connectivity index (χ1v) is 13.1. The number of nitrogens with zero attached hydrogens (tertiary/aromatic N) is 3. The Balaban J connectivity index is 1.70. The zero-order valence-corrected chi connectivity index (χ0v) is 22.8. The number of hydrogen-bond acceptors (Lipinski definition) is 2. The number of pyridine rings is 1. The summed E-state index contributed by atoms with van der Waals surface area (Å²) >= 11 is 9.58. The molecule has 1 N–H and O–H groups in total. The molecule has 0 spiro atoms. The number of anilines is 1. The van der Waals surface area contributed by atoms with Crippen LogP contribution in [0.3, 0.4) is 0 Å². The molecule has 2 aromatic carbocycles. The predicted molar refractivity (Wildman–Crippen MR) is 151 cm³/mol. The van der Waals surface area contributed by atoms with Gasteiger partial charge >= 0.3 is 0 Å². The highest BCUT2D eigenvalue weighted by Crippen LogP contribution is 2.44. The van der Waals surface area contributed by atoms with Crippen LogP contribution >= 0.6 is 28.1 Å². The van der Waals surface area contributed by atoms with Gasteiger partial charge in [0, 0.05) is 33.4 Å². The molecule has 0 bridgehead atoms. The Labute approximate surface area is 221 Å². The van der Waals surface area contributed by atoms with Crippen LogP contribution in [0.1, 0.15) is 52.8 Å². The van der Waals surface area contributed by atoms with Gasteiger partial charge in [0.1, 0.15) is 0 Å². The number of benzene rings is 2. The van der Waals surface area contributed by atoms with Crippen molar-refractivity contribution >= 4 is 38.9 Å². The predicted octanol–water partition coefficient (Wildman–Crippen LogP) is 7.30. The molecular weight excluding hydrogens is 516 g/mol. The van der Waals surface area contributed by atoms with Crippen molar-refractivity contribution < 1.29 is 0 Å². The van der Waals surface area contributed by atoms with Gasteiger partial charge < -0.3 is 14.8 Å². The van der Waals surface area contributed by atoms with E-state index < -0.39 is 0 Å². The summed E-state index contributed by atoms with van der Waals surface area (Å²) in [5.41, 5.74) is 9.49. The van der Waals surface area contributed by atoms with E-state index >= 15 is 0 Å². The van der Waals surface area contributed by atoms with Crippen LogP contribution in [0.2, 0.25) is 0 Å². The van der Waals surface area contributed by atoms with Crippen LogP contribution < -0.4 is 10.2 Å². The number of aryl methyl sites for hydroxylation is 3. The van der Waals surface area contributed by atoms with Crippen LogP contribution in [0.5, 0.6) is 0 Å². The van der Waals surface area contributed by atoms with E-state index in [9.17, 15) is 0 Å². The van der Waals surface area contributed by atoms with E-state index in [-0.39, 0.29) is 12.1 Å². The maximum Gasteiger partial charge on any atom is 0.174 e. The maximum absolute atomic E-state index is 5.94. The molecule has 178 valence electrons. The minimum absolute atomic E-state index is 0.0354. The molecule has 0 aliphatic carbocycles. The Morgan fingerprint density at radius 1 is 1.00 bits per heavy atom. The van der Waals surface area contributed by atoms with E-state index in [0.717, 1.165) is 22.3 Å². The standard InChI is InChI=1S/C29H29BrN4S/c1-5-21-10-6-7-12-26(21)33-19(3)17-23(20(33)4)28-27(25-11-8-9-15-31-25)32-29(35)34(28)22-13-14-24(30)18(2)16-22/h6-17,27-28H,5H2,1-4H3,(H,32,35)/t27-,28-/m0/s1. The number of nitrogens with one attached hydrogen (secondary N) is 1. The van der Waals surface area contributed by atoms with Crippen molar-refractivity contribution in [2.75, 3.05) is 4.90 Å². The first-order chi connectivity index (χ1) is 16.9. The van der Waals surface area contributed by atoms with Gasteiger partial charge in [-0.3, -0.25) is 4.98 Å². The minimum atomic E-state index is -0.0666. The summed E-state index contributed by atoms with van der Waals surface area (Å²) in [5.74, 6) is 0. The highest BCUT2D eigenvalue weighted by molar-refractivity contribution is 9.10. The van der Waals surface area contributed by atoms with Gasteiger partial charge in [-0.2, -0.15) is 0 Å². The molecule has 1 fully saturated rings. The maximum atomic E-state index is 5.94. The Kier molecular flexibility index (Phi) is 6.51. The molecular formula is C29H29BrN4S. The molecule has 0 unspecified atom stereocenters. The molecule has 0 radical (unpaired) electrons. The summed E-state index contributed by atoms with van der Waals surface area (Å²) in [6.07, 6.45) is 2.84. The number of para-hydroxylation sites is 1. The summed E-state index contributed by atoms with van der Waals surface area (Å²) in [7, 11) is 0. The first-order valence-electron chi connectivity index (χ1n) is 11.9. The Hall–Kier alpha value is -2.96. The van der Waals surface area contributed by atoms with Crippen molar-refractivity contribution in [3.05, 3.63) is 111 Å². The Morgan fingerprint density at radius 3 is 2.49 bits per heavy atom. The van der Waals surface area contributed by atoms with Crippen molar-refractivity contribution in [3.63, 3.8) is 0 Å². The van der Waals surface area contributed by atoms with Gasteiger partial charge in [-0.1, -0.05) is 47.1 Å². The molecule has 4 aromatic rings. The lowest BCUT2D eigenvalue weighted by atomic mass is 9.96. The first kappa shape index (κ1) is 23.8. The van der Waals surface area contributed by atoms with Gasteiger partial charge in [-0.25, -0.2) is 0 Å². The number of thiocarbonyl (C=S) groups is 1. The third-order valence-corrected chi connectivity index (χ3v) is 8.12. The highest BCUT2D eigenvalue weighted by Gasteiger charge is 2.42. The normalized spacial score (nSPS) is 17.6. The van der Waals surface area contributed by atoms with Crippen molar-refractivity contribution in [1.82, 2.24) is 14.9 Å². The Bertz CT molecular complexity index is 1400. The summed E-state index contributed by atoms with van der Waals surface area (Å²) in [4.78, 5) is 6.97. The van der Waals surface area contributed by atoms with Crippen molar-refractivity contribution in [1.29, 1.82) is 0 Å². The largest absolute Gasteiger partial charge is 0.351 e. The Morgan fingerprint density at radius 2 is 1.77 bits per heavy atom. The molecule has 0 amide bonds. The van der Waals surface area contributed by atoms with Crippen molar-refractivity contribution in [2.45, 2.75) is 46.2 Å². The fourth-order valence-corrected chi connectivity index (χ4v) is 5.81. The summed E-state index contributed by atoms with van der Waals surface area (Å²) < 4.78 is 3.47. The average Bonchev–Trinajstić information content (AvgIpc) is 3.36. The monoisotopic (exact) mass is 544 g/mol. The zero-order chi connectivity index (χ0) is 24.7. The van der Waals surface area contributed by atoms with Crippen LogP contribution in [-0.4, -0.2) is 14.7 Å². The van der Waals surface area contributed by atoms with E-state index in [1.807, 2.05) is 18.3 Å². The van der Waals surface area contributed by atoms with Crippen LogP contribution in [0.4, 0.5) is 5.69 Å². The molecule has 1 aliphatic rings. The lowest BCUT2D eigenvalue weighted by Gasteiger charge is -2.28. The average molecular weight is 546 g/mol. The van der Waals surface area contributed by atoms with Crippen LogP contribution in [-0.2, 0) is 6.42 Å². The SMILES string of the molecule is CCc1ccccc1-n1c(C)cc([C@H]2[C@H](c3ccccn3)NC(=S)N2c2ccc(Br)c(C)c2)c1C. The van der Waals surface area contributed by atoms with Gasteiger partial charge in [0.2, 0.25) is 0 Å². The van der Waals surface area contributed by atoms with Gasteiger partial charge in [0.15, 0.2) is 5.11 Å². The third kappa shape index (κ3) is 4.19. The van der Waals surface area contributed by atoms with Gasteiger partial charge in [-0.15, -0.1) is 0 Å². The number of halogens is 1. The molecule has 1 aliphatic heterocycles. The molecule has 1 saturated heterocycles. The topological polar surface area (TPSA) is 33.1 Å². The van der Waals surface area contributed by atoms with Gasteiger partial charge in [-0.05, 0) is 98.6 Å². The van der Waals surface area contributed by atoms with Crippen LogP contribution in [0.25, 0.3) is 5.69 Å². The second kappa shape index (κ2) is 9.59. The fraction of sp³-hybridized carbons (Fsp3) is 0.241. The molecule has 2 aromatic heterocycles. The number of aromatic nitrogens is 2. The zero-order valence-electron chi connectivity index (χ0n) is 20.4. The summed E-state index contributed by atoms with van der Waals surface area (Å²) in [5, 5.41) is 4.31. The van der Waals surface area contributed by atoms with E-state index in [4.69, 9.17) is 17.2 Å². The molecule has 0 saturated carbocycles. The molecule has 4 nitrogen and oxygen atoms in total. The second-order valence-electron chi connectivity index (χ2n) is 9.07. The third-order valence-electron chi connectivity index (χ3n) is 6.92. The summed E-state index contributed by atoms with van der Waals surface area (Å²) in [6.45, 7) is 8.73. The van der Waals surface area contributed by atoms with E-state index in [0.29, 0.717) is 5.11 Å². The van der Waals surface area contributed by atoms with Crippen molar-refractivity contribution in [2.24, 2.45) is 0 Å². The van der Waals surface area contributed by atoms with Crippen LogP contribution in [0.15, 0.2) is 77.4 Å². The van der Waals surface area contributed by atoms with Gasteiger partial charge in [0.25, 0.3) is 0 Å². The molecule has 5 rings (SSSR count). The van der Waals surface area contributed by atoms with E-state index in [2.05, 4.69) is 113 Å². The number of rotatable bonds is 5. The molecule has 6 heteroatoms. The lowest BCUT2D eigenvalue weighted by molar-refractivity contribution is 0.565. The quantitative estimate of drug-likeness (QED) is 0.267. The van der Waals surface area contributed by atoms with Gasteiger partial charge in [0.05, 0.1) is 17.8 Å². The molecule has 2 atom stereocenters. The second-order valence-corrected chi connectivity index (χ2v) is 10.3. The highest BCUT2D eigenvalue weighted by atomic mass is 79.9. The lowest BCUT2D eigenvalue weighted by Crippen LogP contribution is -2.29. The van der Waals surface area contributed by atoms with E-state index in [1.165, 1.54) is 33.8 Å². The molecule has 35 heavy (non-hydrogen) atoms. The molecule has 3 heterocycles. The van der Waals surface area contributed by atoms with Crippen LogP contribution in [0, 0.1) is 20.8 Å². The smallest absolute Gasteiger partial charge is 0.174 e. The summed E-state index contributed by atoms with van der Waals surface area (Å²) in [6, 6.07) is 23.4. The number of hydrogen-bond donors (Lipinski definition) is 1. The van der Waals surface area contributed by atoms with E-state index in [1.54, 1.807) is 0 Å².